The van der Waals surface area contributed by atoms with Crippen LogP contribution in [0.4, 0.5) is 5.69 Å². The minimum absolute atomic E-state index is 0.00622. The zero-order valence-electron chi connectivity index (χ0n) is 17.6. The molecule has 3 rings (SSSR count). The average Bonchev–Trinajstić information content (AvgIpc) is 3.05. The topological polar surface area (TPSA) is 102 Å². The van der Waals surface area contributed by atoms with Crippen LogP contribution in [0.5, 0.6) is 5.75 Å². The zero-order chi connectivity index (χ0) is 22.2. The maximum atomic E-state index is 13.0. The van der Waals surface area contributed by atoms with Gasteiger partial charge in [-0.15, -0.1) is 0 Å². The van der Waals surface area contributed by atoms with E-state index in [2.05, 4.69) is 5.32 Å². The standard InChI is InChI=1S/C23H27N3O5/c1-31-20-12-8-17(9-13-20)21-5-3-2-4-16-25(21)22(27)14-15-24-23(28)18-6-10-19(11-7-18)26(29)30/h6-13,21H,2-5,14-16H2,1H3,(H,24,28)/t21-/m0/s1. The summed E-state index contributed by atoms with van der Waals surface area (Å²) >= 11 is 0. The van der Waals surface area contributed by atoms with Gasteiger partial charge in [-0.2, -0.15) is 0 Å². The van der Waals surface area contributed by atoms with E-state index in [-0.39, 0.29) is 36.5 Å². The van der Waals surface area contributed by atoms with E-state index in [9.17, 15) is 19.7 Å². The summed E-state index contributed by atoms with van der Waals surface area (Å²) in [7, 11) is 1.63. The highest BCUT2D eigenvalue weighted by Gasteiger charge is 2.26. The molecule has 0 bridgehead atoms. The van der Waals surface area contributed by atoms with E-state index >= 15 is 0 Å². The van der Waals surface area contributed by atoms with Crippen molar-refractivity contribution < 1.29 is 19.2 Å². The zero-order valence-corrected chi connectivity index (χ0v) is 17.6. The van der Waals surface area contributed by atoms with Crippen molar-refractivity contribution in [3.05, 3.63) is 69.8 Å². The Morgan fingerprint density at radius 2 is 1.81 bits per heavy atom. The molecule has 1 heterocycles. The van der Waals surface area contributed by atoms with Crippen molar-refractivity contribution >= 4 is 17.5 Å². The number of rotatable bonds is 7. The molecule has 0 unspecified atom stereocenters. The second kappa shape index (κ2) is 10.6. The SMILES string of the molecule is COc1ccc([C@@H]2CCCCCN2C(=O)CCNC(=O)c2ccc([N+](=O)[O-])cc2)cc1. The van der Waals surface area contributed by atoms with Gasteiger partial charge in [-0.1, -0.05) is 25.0 Å². The van der Waals surface area contributed by atoms with Gasteiger partial charge in [0.15, 0.2) is 0 Å². The highest BCUT2D eigenvalue weighted by atomic mass is 16.6. The van der Waals surface area contributed by atoms with Crippen LogP contribution in [-0.4, -0.2) is 41.8 Å². The molecule has 1 atom stereocenters. The summed E-state index contributed by atoms with van der Waals surface area (Å²) in [5.41, 5.74) is 1.34. The van der Waals surface area contributed by atoms with E-state index in [1.807, 2.05) is 29.2 Å². The minimum atomic E-state index is -0.513. The third kappa shape index (κ3) is 5.81. The van der Waals surface area contributed by atoms with Crippen LogP contribution in [0.15, 0.2) is 48.5 Å². The number of ether oxygens (including phenoxy) is 1. The van der Waals surface area contributed by atoms with Gasteiger partial charge in [0.05, 0.1) is 18.1 Å². The molecule has 2 aromatic rings. The van der Waals surface area contributed by atoms with Crippen molar-refractivity contribution in [1.29, 1.82) is 0 Å². The van der Waals surface area contributed by atoms with Crippen molar-refractivity contribution in [1.82, 2.24) is 10.2 Å². The third-order valence-electron chi connectivity index (χ3n) is 5.54. The predicted octanol–water partition coefficient (Wildman–Crippen LogP) is 3.87. The van der Waals surface area contributed by atoms with E-state index in [0.717, 1.165) is 37.0 Å². The summed E-state index contributed by atoms with van der Waals surface area (Å²) in [4.78, 5) is 37.4. The van der Waals surface area contributed by atoms with Gasteiger partial charge in [0.2, 0.25) is 5.91 Å². The number of hydrogen-bond donors (Lipinski definition) is 1. The molecule has 2 amide bonds. The maximum absolute atomic E-state index is 13.0. The first-order valence-electron chi connectivity index (χ1n) is 10.5. The lowest BCUT2D eigenvalue weighted by Gasteiger charge is -2.31. The quantitative estimate of drug-likeness (QED) is 0.536. The number of carbonyl (C=O) groups is 2. The van der Waals surface area contributed by atoms with Crippen LogP contribution in [0.25, 0.3) is 0 Å². The van der Waals surface area contributed by atoms with Gasteiger partial charge in [0, 0.05) is 37.2 Å². The van der Waals surface area contributed by atoms with Crippen LogP contribution < -0.4 is 10.1 Å². The number of likely N-dealkylation sites (tertiary alicyclic amines) is 1. The number of nitro benzene ring substituents is 1. The lowest BCUT2D eigenvalue weighted by molar-refractivity contribution is -0.384. The number of methoxy groups -OCH3 is 1. The number of non-ortho nitro benzene ring substituents is 1. The number of carbonyl (C=O) groups excluding carboxylic acids is 2. The van der Waals surface area contributed by atoms with Crippen LogP contribution in [0.2, 0.25) is 0 Å². The molecule has 1 aliphatic rings. The van der Waals surface area contributed by atoms with Crippen LogP contribution >= 0.6 is 0 Å². The summed E-state index contributed by atoms with van der Waals surface area (Å²) in [5.74, 6) is 0.432. The van der Waals surface area contributed by atoms with Crippen molar-refractivity contribution in [3.63, 3.8) is 0 Å². The highest BCUT2D eigenvalue weighted by Crippen LogP contribution is 2.31. The molecular weight excluding hydrogens is 398 g/mol. The molecule has 8 heteroatoms. The van der Waals surface area contributed by atoms with Gasteiger partial charge < -0.3 is 15.0 Å². The second-order valence-corrected chi connectivity index (χ2v) is 7.54. The predicted molar refractivity (Wildman–Crippen MR) is 116 cm³/mol. The minimum Gasteiger partial charge on any atom is -0.497 e. The number of hydrogen-bond acceptors (Lipinski definition) is 5. The summed E-state index contributed by atoms with van der Waals surface area (Å²) in [6.07, 6.45) is 4.23. The fraction of sp³-hybridized carbons (Fsp3) is 0.391. The molecule has 1 fully saturated rings. The van der Waals surface area contributed by atoms with Crippen LogP contribution in [0, 0.1) is 10.1 Å². The lowest BCUT2D eigenvalue weighted by Crippen LogP contribution is -2.37. The molecule has 164 valence electrons. The van der Waals surface area contributed by atoms with Gasteiger partial charge in [-0.3, -0.25) is 19.7 Å². The van der Waals surface area contributed by atoms with Crippen LogP contribution in [0.3, 0.4) is 0 Å². The fourth-order valence-corrected chi connectivity index (χ4v) is 3.84. The Morgan fingerprint density at radius 1 is 1.10 bits per heavy atom. The Hall–Kier alpha value is -3.42. The maximum Gasteiger partial charge on any atom is 0.269 e. The molecular formula is C23H27N3O5. The van der Waals surface area contributed by atoms with Gasteiger partial charge in [-0.05, 0) is 42.7 Å². The number of amides is 2. The molecule has 8 nitrogen and oxygen atoms in total. The van der Waals surface area contributed by atoms with E-state index in [4.69, 9.17) is 4.74 Å². The summed E-state index contributed by atoms with van der Waals surface area (Å²) in [6.45, 7) is 0.909. The van der Waals surface area contributed by atoms with E-state index in [1.54, 1.807) is 7.11 Å². The van der Waals surface area contributed by atoms with Crippen LogP contribution in [-0.2, 0) is 4.79 Å². The first kappa shape index (κ1) is 22.3. The molecule has 31 heavy (non-hydrogen) atoms. The Kier molecular flexibility index (Phi) is 7.59. The molecule has 1 saturated heterocycles. The van der Waals surface area contributed by atoms with Gasteiger partial charge in [0.1, 0.15) is 5.75 Å². The highest BCUT2D eigenvalue weighted by molar-refractivity contribution is 5.94. The Balaban J connectivity index is 1.59. The Morgan fingerprint density at radius 3 is 2.45 bits per heavy atom. The Bertz CT molecular complexity index is 912. The van der Waals surface area contributed by atoms with Gasteiger partial charge in [-0.25, -0.2) is 0 Å². The molecule has 0 spiro atoms. The first-order chi connectivity index (χ1) is 15.0. The number of benzene rings is 2. The summed E-state index contributed by atoms with van der Waals surface area (Å²) in [6, 6.07) is 13.2. The van der Waals surface area contributed by atoms with E-state index in [1.165, 1.54) is 24.3 Å². The third-order valence-corrected chi connectivity index (χ3v) is 5.54. The van der Waals surface area contributed by atoms with Crippen molar-refractivity contribution in [2.24, 2.45) is 0 Å². The lowest BCUT2D eigenvalue weighted by atomic mass is 10.0. The monoisotopic (exact) mass is 425 g/mol. The summed E-state index contributed by atoms with van der Waals surface area (Å²) < 4.78 is 5.23. The fourth-order valence-electron chi connectivity index (χ4n) is 3.84. The Labute approximate surface area is 181 Å². The first-order valence-corrected chi connectivity index (χ1v) is 10.5. The van der Waals surface area contributed by atoms with E-state index < -0.39 is 4.92 Å². The van der Waals surface area contributed by atoms with Crippen LogP contribution in [0.1, 0.15) is 54.1 Å². The molecule has 0 radical (unpaired) electrons. The number of nitrogens with zero attached hydrogens (tertiary/aromatic N) is 2. The van der Waals surface area contributed by atoms with Crippen molar-refractivity contribution in [3.8, 4) is 5.75 Å². The molecule has 0 saturated carbocycles. The van der Waals surface area contributed by atoms with Crippen molar-refractivity contribution in [2.45, 2.75) is 38.1 Å². The second-order valence-electron chi connectivity index (χ2n) is 7.54. The average molecular weight is 425 g/mol. The molecule has 0 aromatic heterocycles. The number of nitro groups is 1. The smallest absolute Gasteiger partial charge is 0.269 e. The largest absolute Gasteiger partial charge is 0.497 e. The number of nitrogens with one attached hydrogen (secondary N) is 1. The molecule has 0 aliphatic carbocycles. The normalized spacial score (nSPS) is 16.3. The molecule has 1 aliphatic heterocycles. The van der Waals surface area contributed by atoms with Gasteiger partial charge in [0.25, 0.3) is 11.6 Å². The van der Waals surface area contributed by atoms with Crippen molar-refractivity contribution in [2.75, 3.05) is 20.2 Å². The van der Waals surface area contributed by atoms with Gasteiger partial charge >= 0.3 is 0 Å². The summed E-state index contributed by atoms with van der Waals surface area (Å²) in [5, 5.41) is 13.5. The molecule has 1 N–H and O–H groups in total. The molecule has 2 aromatic carbocycles. The van der Waals surface area contributed by atoms with E-state index in [0.29, 0.717) is 12.1 Å².